The Labute approximate surface area is 239 Å². The van der Waals surface area contributed by atoms with Gasteiger partial charge < -0.3 is 14.2 Å². The van der Waals surface area contributed by atoms with Crippen molar-refractivity contribution in [2.45, 2.75) is 156 Å². The lowest BCUT2D eigenvalue weighted by molar-refractivity contribution is -0.146. The predicted molar refractivity (Wildman–Crippen MR) is 157 cm³/mol. The molecule has 1 saturated carbocycles. The van der Waals surface area contributed by atoms with Crippen molar-refractivity contribution in [3.8, 4) is 0 Å². The summed E-state index contributed by atoms with van der Waals surface area (Å²) in [6.07, 6.45) is 20.1. The van der Waals surface area contributed by atoms with Gasteiger partial charge in [-0.05, 0) is 69.1 Å². The molecule has 0 heterocycles. The van der Waals surface area contributed by atoms with Gasteiger partial charge in [-0.25, -0.2) is 0 Å². The van der Waals surface area contributed by atoms with Gasteiger partial charge in [0.2, 0.25) is 0 Å². The fraction of sp³-hybridized carbons (Fsp3) is 0.909. The third kappa shape index (κ3) is 19.2. The molecule has 0 radical (unpaired) electrons. The summed E-state index contributed by atoms with van der Waals surface area (Å²) in [7, 11) is 0. The normalized spacial score (nSPS) is 19.0. The second-order valence-electron chi connectivity index (χ2n) is 11.7. The van der Waals surface area contributed by atoms with Crippen LogP contribution >= 0.6 is 0 Å². The minimum atomic E-state index is -0.106. The Bertz CT molecular complexity index is 634. The summed E-state index contributed by atoms with van der Waals surface area (Å²) in [5.41, 5.74) is 0. The molecule has 0 amide bonds. The summed E-state index contributed by atoms with van der Waals surface area (Å²) in [5, 5.41) is 0. The summed E-state index contributed by atoms with van der Waals surface area (Å²) >= 11 is 0. The van der Waals surface area contributed by atoms with E-state index in [9.17, 15) is 14.4 Å². The molecule has 1 aliphatic rings. The van der Waals surface area contributed by atoms with E-state index in [4.69, 9.17) is 14.2 Å². The largest absolute Gasteiger partial charge is 0.466 e. The number of carbonyl (C=O) groups excluding carboxylic acids is 3. The van der Waals surface area contributed by atoms with Crippen LogP contribution in [0.25, 0.3) is 0 Å². The maximum Gasteiger partial charge on any atom is 0.305 e. The predicted octanol–water partition coefficient (Wildman–Crippen LogP) is 8.73. The number of esters is 3. The molecule has 0 aromatic heterocycles. The lowest BCUT2D eigenvalue weighted by atomic mass is 9.69. The topological polar surface area (TPSA) is 78.9 Å². The van der Waals surface area contributed by atoms with Crippen LogP contribution < -0.4 is 0 Å². The van der Waals surface area contributed by atoms with Crippen molar-refractivity contribution in [2.24, 2.45) is 17.8 Å². The number of ether oxygens (including phenoxy) is 3. The maximum atomic E-state index is 12.4. The first-order valence-electron chi connectivity index (χ1n) is 16.5. The molecule has 1 fully saturated rings. The molecule has 228 valence electrons. The number of hydrogen-bond donors (Lipinski definition) is 0. The van der Waals surface area contributed by atoms with Gasteiger partial charge >= 0.3 is 17.9 Å². The van der Waals surface area contributed by atoms with Gasteiger partial charge in [0.05, 0.1) is 19.8 Å². The third-order valence-electron chi connectivity index (χ3n) is 8.23. The quantitative estimate of drug-likeness (QED) is 0.0677. The van der Waals surface area contributed by atoms with E-state index in [0.29, 0.717) is 56.8 Å². The van der Waals surface area contributed by atoms with Gasteiger partial charge in [0, 0.05) is 19.3 Å². The van der Waals surface area contributed by atoms with Crippen LogP contribution in [-0.4, -0.2) is 37.7 Å². The summed E-state index contributed by atoms with van der Waals surface area (Å²) in [5.74, 6) is 0.967. The molecule has 1 aliphatic carbocycles. The Kier molecular flexibility index (Phi) is 22.0. The zero-order chi connectivity index (χ0) is 28.6. The molecule has 0 aromatic carbocycles. The standard InChI is InChI=1S/C33H60O6/c1-4-7-10-13-24-37-31(34)21-17-28-16-18-29(19-22-32(35)38-25-14-11-8-5-2)30(27-28)20-23-33(36)39-26-15-12-9-6-3/h28-30H,4-27H2,1-3H3. The van der Waals surface area contributed by atoms with Gasteiger partial charge in [-0.2, -0.15) is 0 Å². The fourth-order valence-corrected chi connectivity index (χ4v) is 5.71. The van der Waals surface area contributed by atoms with Crippen LogP contribution in [0.4, 0.5) is 0 Å². The fourth-order valence-electron chi connectivity index (χ4n) is 5.71. The van der Waals surface area contributed by atoms with Crippen LogP contribution in [0.5, 0.6) is 0 Å². The van der Waals surface area contributed by atoms with Crippen LogP contribution in [0.15, 0.2) is 0 Å². The van der Waals surface area contributed by atoms with Gasteiger partial charge in [0.15, 0.2) is 0 Å². The van der Waals surface area contributed by atoms with Crippen LogP contribution in [0, 0.1) is 17.8 Å². The van der Waals surface area contributed by atoms with Gasteiger partial charge in [-0.15, -0.1) is 0 Å². The first kappa shape index (κ1) is 35.4. The van der Waals surface area contributed by atoms with Crippen LogP contribution in [-0.2, 0) is 28.6 Å². The lowest BCUT2D eigenvalue weighted by Crippen LogP contribution is -2.27. The summed E-state index contributed by atoms with van der Waals surface area (Å²) in [4.78, 5) is 36.9. The molecule has 6 nitrogen and oxygen atoms in total. The van der Waals surface area contributed by atoms with Gasteiger partial charge in [0.1, 0.15) is 0 Å². The van der Waals surface area contributed by atoms with Crippen LogP contribution in [0.3, 0.4) is 0 Å². The smallest absolute Gasteiger partial charge is 0.305 e. The van der Waals surface area contributed by atoms with E-state index in [-0.39, 0.29) is 17.9 Å². The zero-order valence-corrected chi connectivity index (χ0v) is 25.7. The van der Waals surface area contributed by atoms with Crippen molar-refractivity contribution in [2.75, 3.05) is 19.8 Å². The average Bonchev–Trinajstić information content (AvgIpc) is 2.94. The van der Waals surface area contributed by atoms with E-state index in [1.807, 2.05) is 0 Å². The monoisotopic (exact) mass is 552 g/mol. The Morgan fingerprint density at radius 1 is 0.513 bits per heavy atom. The van der Waals surface area contributed by atoms with Crippen LogP contribution in [0.1, 0.15) is 156 Å². The number of rotatable bonds is 24. The Morgan fingerprint density at radius 3 is 1.36 bits per heavy atom. The van der Waals surface area contributed by atoms with Crippen molar-refractivity contribution >= 4 is 17.9 Å². The molecule has 3 atom stereocenters. The van der Waals surface area contributed by atoms with Gasteiger partial charge in [-0.1, -0.05) is 85.0 Å². The van der Waals surface area contributed by atoms with Crippen molar-refractivity contribution < 1.29 is 28.6 Å². The zero-order valence-electron chi connectivity index (χ0n) is 25.7. The van der Waals surface area contributed by atoms with E-state index in [2.05, 4.69) is 20.8 Å². The van der Waals surface area contributed by atoms with E-state index in [1.165, 1.54) is 38.5 Å². The maximum absolute atomic E-state index is 12.4. The molecule has 0 spiro atoms. The van der Waals surface area contributed by atoms with Crippen molar-refractivity contribution in [3.63, 3.8) is 0 Å². The first-order valence-corrected chi connectivity index (χ1v) is 16.5. The molecule has 0 bridgehead atoms. The van der Waals surface area contributed by atoms with E-state index in [1.54, 1.807) is 0 Å². The molecule has 39 heavy (non-hydrogen) atoms. The summed E-state index contributed by atoms with van der Waals surface area (Å²) < 4.78 is 16.4. The second kappa shape index (κ2) is 24.2. The first-order chi connectivity index (χ1) is 19.0. The van der Waals surface area contributed by atoms with E-state index in [0.717, 1.165) is 77.0 Å². The van der Waals surface area contributed by atoms with E-state index >= 15 is 0 Å². The molecule has 3 unspecified atom stereocenters. The highest BCUT2D eigenvalue weighted by molar-refractivity contribution is 5.70. The van der Waals surface area contributed by atoms with Gasteiger partial charge in [-0.3, -0.25) is 14.4 Å². The number of hydrogen-bond acceptors (Lipinski definition) is 6. The molecule has 1 rings (SSSR count). The van der Waals surface area contributed by atoms with Crippen LogP contribution in [0.2, 0.25) is 0 Å². The minimum absolute atomic E-state index is 0.0847. The van der Waals surface area contributed by atoms with Crippen molar-refractivity contribution in [1.29, 1.82) is 0 Å². The highest BCUT2D eigenvalue weighted by atomic mass is 16.5. The summed E-state index contributed by atoms with van der Waals surface area (Å²) in [6, 6.07) is 0. The third-order valence-corrected chi connectivity index (χ3v) is 8.23. The molecule has 0 aliphatic heterocycles. The highest BCUT2D eigenvalue weighted by Crippen LogP contribution is 2.41. The molecule has 0 saturated heterocycles. The Balaban J connectivity index is 2.48. The molecule has 0 N–H and O–H groups in total. The lowest BCUT2D eigenvalue weighted by Gasteiger charge is -2.36. The Morgan fingerprint density at radius 2 is 0.923 bits per heavy atom. The highest BCUT2D eigenvalue weighted by Gasteiger charge is 2.31. The van der Waals surface area contributed by atoms with Crippen molar-refractivity contribution in [3.05, 3.63) is 0 Å². The van der Waals surface area contributed by atoms with E-state index < -0.39 is 0 Å². The minimum Gasteiger partial charge on any atom is -0.466 e. The second-order valence-corrected chi connectivity index (χ2v) is 11.7. The SMILES string of the molecule is CCCCCCOC(=O)CCC1CCC(CCC(=O)OCCCCCC)C(CCC(=O)OCCCCCC)C1. The van der Waals surface area contributed by atoms with Gasteiger partial charge in [0.25, 0.3) is 0 Å². The number of unbranched alkanes of at least 4 members (excludes halogenated alkanes) is 9. The molecule has 6 heteroatoms. The molecular weight excluding hydrogens is 492 g/mol. The summed E-state index contributed by atoms with van der Waals surface area (Å²) in [6.45, 7) is 8.08. The van der Waals surface area contributed by atoms with Crippen molar-refractivity contribution in [1.82, 2.24) is 0 Å². The molecular formula is C33H60O6. The molecule has 0 aromatic rings. The Hall–Kier alpha value is -1.59. The average molecular weight is 553 g/mol. The number of carbonyl (C=O) groups is 3.